The molecular formula is C16H13ClN2O4S. The van der Waals surface area contributed by atoms with Crippen LogP contribution in [0.1, 0.15) is 16.6 Å². The molecule has 1 aromatic heterocycles. The van der Waals surface area contributed by atoms with Gasteiger partial charge >= 0.3 is 5.97 Å². The van der Waals surface area contributed by atoms with Gasteiger partial charge in [-0.3, -0.25) is 4.79 Å². The number of hydrogen-bond donors (Lipinski definition) is 1. The van der Waals surface area contributed by atoms with E-state index in [2.05, 4.69) is 10.2 Å². The molecule has 1 N–H and O–H groups in total. The fraction of sp³-hybridized carbons (Fsp3) is 0.125. The van der Waals surface area contributed by atoms with Crippen LogP contribution in [0.2, 0.25) is 5.02 Å². The molecule has 1 heterocycles. The molecule has 0 radical (unpaired) electrons. The van der Waals surface area contributed by atoms with Crippen LogP contribution in [0.15, 0.2) is 63.5 Å². The standard InChI is InChI=1S/C16H13ClN2O4S/c1-2-23-16(22)15(21)13(14(20)12-4-3-9-24-12)19-18-11-7-5-10(17)6-8-11/h3-9,21H,2H2,1H3. The highest BCUT2D eigenvalue weighted by Crippen LogP contribution is 2.22. The lowest BCUT2D eigenvalue weighted by Gasteiger charge is -2.04. The van der Waals surface area contributed by atoms with Gasteiger partial charge in [0.15, 0.2) is 5.70 Å². The lowest BCUT2D eigenvalue weighted by Crippen LogP contribution is -2.13. The van der Waals surface area contributed by atoms with Crippen LogP contribution in [0.3, 0.4) is 0 Å². The summed E-state index contributed by atoms with van der Waals surface area (Å²) < 4.78 is 4.71. The first kappa shape index (κ1) is 17.8. The third kappa shape index (κ3) is 4.50. The van der Waals surface area contributed by atoms with Gasteiger partial charge in [-0.1, -0.05) is 17.7 Å². The summed E-state index contributed by atoms with van der Waals surface area (Å²) >= 11 is 6.94. The molecule has 0 saturated heterocycles. The van der Waals surface area contributed by atoms with Crippen molar-refractivity contribution in [2.75, 3.05) is 6.61 Å². The summed E-state index contributed by atoms with van der Waals surface area (Å²) in [5, 5.41) is 19.9. The highest BCUT2D eigenvalue weighted by molar-refractivity contribution is 7.12. The van der Waals surface area contributed by atoms with Crippen molar-refractivity contribution >= 4 is 40.4 Å². The predicted molar refractivity (Wildman–Crippen MR) is 90.9 cm³/mol. The third-order valence-corrected chi connectivity index (χ3v) is 3.87. The number of benzene rings is 1. The average molecular weight is 365 g/mol. The van der Waals surface area contributed by atoms with Crippen LogP contribution in [-0.4, -0.2) is 23.5 Å². The van der Waals surface area contributed by atoms with Crippen LogP contribution in [-0.2, 0) is 9.53 Å². The minimum absolute atomic E-state index is 0.0533. The molecule has 2 aromatic rings. The van der Waals surface area contributed by atoms with E-state index < -0.39 is 23.2 Å². The molecule has 0 atom stereocenters. The average Bonchev–Trinajstić information content (AvgIpc) is 3.11. The maximum Gasteiger partial charge on any atom is 0.375 e. The zero-order chi connectivity index (χ0) is 17.5. The molecule has 0 aliphatic carbocycles. The highest BCUT2D eigenvalue weighted by Gasteiger charge is 2.24. The molecule has 0 bridgehead atoms. The molecule has 0 unspecified atom stereocenters. The smallest absolute Gasteiger partial charge is 0.375 e. The molecule has 1 aromatic carbocycles. The van der Waals surface area contributed by atoms with Crippen molar-refractivity contribution < 1.29 is 19.4 Å². The van der Waals surface area contributed by atoms with E-state index in [9.17, 15) is 14.7 Å². The van der Waals surface area contributed by atoms with E-state index in [1.807, 2.05) is 0 Å². The topological polar surface area (TPSA) is 88.3 Å². The van der Waals surface area contributed by atoms with Gasteiger partial charge in [-0.05, 0) is 42.6 Å². The summed E-state index contributed by atoms with van der Waals surface area (Å²) in [6.07, 6.45) is 0. The summed E-state index contributed by atoms with van der Waals surface area (Å²) in [5.41, 5.74) is -0.0709. The monoisotopic (exact) mass is 364 g/mol. The number of halogens is 1. The first-order valence-corrected chi connectivity index (χ1v) is 8.14. The van der Waals surface area contributed by atoms with Crippen LogP contribution in [0.4, 0.5) is 5.69 Å². The van der Waals surface area contributed by atoms with Crippen LogP contribution in [0.25, 0.3) is 0 Å². The van der Waals surface area contributed by atoms with Gasteiger partial charge in [-0.2, -0.15) is 5.11 Å². The molecular weight excluding hydrogens is 352 g/mol. The summed E-state index contributed by atoms with van der Waals surface area (Å²) in [6.45, 7) is 1.64. The Bertz CT molecular complexity index is 783. The number of azo groups is 1. The van der Waals surface area contributed by atoms with Gasteiger partial charge in [-0.25, -0.2) is 4.79 Å². The second-order valence-electron chi connectivity index (χ2n) is 4.40. The number of esters is 1. The number of thiophene rings is 1. The number of Topliss-reactive ketones (excluding diaryl/α,β-unsaturated/α-hetero) is 1. The van der Waals surface area contributed by atoms with Gasteiger partial charge in [0.05, 0.1) is 17.2 Å². The Morgan fingerprint density at radius 2 is 1.96 bits per heavy atom. The molecule has 2 rings (SSSR count). The van der Waals surface area contributed by atoms with Crippen molar-refractivity contribution in [1.82, 2.24) is 0 Å². The molecule has 0 saturated carbocycles. The predicted octanol–water partition coefficient (Wildman–Crippen LogP) is 4.70. The number of nitrogens with zero attached hydrogens (tertiary/aromatic N) is 2. The van der Waals surface area contributed by atoms with Crippen molar-refractivity contribution in [3.05, 3.63) is 63.1 Å². The first-order valence-electron chi connectivity index (χ1n) is 6.88. The number of ether oxygens (including phenoxy) is 1. The number of allylic oxidation sites excluding steroid dienone is 1. The van der Waals surface area contributed by atoms with Gasteiger partial charge in [0, 0.05) is 5.02 Å². The second kappa shape index (κ2) is 8.37. The van der Waals surface area contributed by atoms with E-state index in [1.54, 1.807) is 48.7 Å². The Balaban J connectivity index is 2.39. The third-order valence-electron chi connectivity index (χ3n) is 2.75. The molecule has 8 heteroatoms. The first-order chi connectivity index (χ1) is 11.5. The quantitative estimate of drug-likeness (QED) is 0.264. The second-order valence-corrected chi connectivity index (χ2v) is 5.78. The van der Waals surface area contributed by atoms with Gasteiger partial charge in [0.25, 0.3) is 0 Å². The molecule has 0 aliphatic rings. The van der Waals surface area contributed by atoms with Crippen molar-refractivity contribution in [2.24, 2.45) is 10.2 Å². The van der Waals surface area contributed by atoms with Crippen molar-refractivity contribution in [3.63, 3.8) is 0 Å². The van der Waals surface area contributed by atoms with Crippen molar-refractivity contribution in [1.29, 1.82) is 0 Å². The maximum absolute atomic E-state index is 12.4. The highest BCUT2D eigenvalue weighted by atomic mass is 35.5. The zero-order valence-electron chi connectivity index (χ0n) is 12.6. The summed E-state index contributed by atoms with van der Waals surface area (Å²) in [4.78, 5) is 24.5. The van der Waals surface area contributed by atoms with Gasteiger partial charge in [0.1, 0.15) is 0 Å². The number of aliphatic hydroxyl groups excluding tert-OH is 1. The Hall–Kier alpha value is -2.51. The number of carbonyl (C=O) groups is 2. The molecule has 0 spiro atoms. The van der Waals surface area contributed by atoms with Crippen LogP contribution in [0.5, 0.6) is 0 Å². The van der Waals surface area contributed by atoms with E-state index >= 15 is 0 Å². The van der Waals surface area contributed by atoms with Crippen LogP contribution < -0.4 is 0 Å². The SMILES string of the molecule is CCOC(=O)C(O)=C(N=Nc1ccc(Cl)cc1)C(=O)c1cccs1. The Morgan fingerprint density at radius 1 is 1.25 bits per heavy atom. The molecule has 0 amide bonds. The molecule has 6 nitrogen and oxygen atoms in total. The molecule has 0 aliphatic heterocycles. The molecule has 0 fully saturated rings. The van der Waals surface area contributed by atoms with E-state index in [0.29, 0.717) is 15.6 Å². The Morgan fingerprint density at radius 3 is 2.54 bits per heavy atom. The summed E-state index contributed by atoms with van der Waals surface area (Å²) in [6, 6.07) is 9.61. The van der Waals surface area contributed by atoms with E-state index in [0.717, 1.165) is 11.3 Å². The van der Waals surface area contributed by atoms with Gasteiger partial charge in [-0.15, -0.1) is 16.5 Å². The minimum Gasteiger partial charge on any atom is -0.500 e. The van der Waals surface area contributed by atoms with E-state index in [4.69, 9.17) is 16.3 Å². The molecule has 124 valence electrons. The number of carbonyl (C=O) groups excluding carboxylic acids is 2. The lowest BCUT2D eigenvalue weighted by molar-refractivity contribution is -0.141. The summed E-state index contributed by atoms with van der Waals surface area (Å²) in [7, 11) is 0. The summed E-state index contributed by atoms with van der Waals surface area (Å²) in [5.74, 6) is -2.53. The van der Waals surface area contributed by atoms with Crippen LogP contribution >= 0.6 is 22.9 Å². The lowest BCUT2D eigenvalue weighted by atomic mass is 10.2. The molecule has 24 heavy (non-hydrogen) atoms. The number of aliphatic hydroxyl groups is 1. The fourth-order valence-corrected chi connectivity index (χ4v) is 2.43. The number of hydrogen-bond acceptors (Lipinski definition) is 7. The van der Waals surface area contributed by atoms with E-state index in [1.165, 1.54) is 0 Å². The number of rotatable bonds is 6. The van der Waals surface area contributed by atoms with Gasteiger partial charge < -0.3 is 9.84 Å². The van der Waals surface area contributed by atoms with Crippen molar-refractivity contribution in [2.45, 2.75) is 6.92 Å². The Labute approximate surface area is 147 Å². The van der Waals surface area contributed by atoms with Gasteiger partial charge in [0.2, 0.25) is 11.5 Å². The van der Waals surface area contributed by atoms with Crippen LogP contribution in [0, 0.1) is 0 Å². The van der Waals surface area contributed by atoms with E-state index in [-0.39, 0.29) is 6.61 Å². The van der Waals surface area contributed by atoms with Crippen molar-refractivity contribution in [3.8, 4) is 0 Å². The largest absolute Gasteiger partial charge is 0.500 e. The zero-order valence-corrected chi connectivity index (χ0v) is 14.2. The number of ketones is 1. The normalized spacial score (nSPS) is 12.1. The minimum atomic E-state index is -1.03. The fourth-order valence-electron chi connectivity index (χ4n) is 1.64. The Kier molecular flexibility index (Phi) is 6.22. The maximum atomic E-state index is 12.4.